The summed E-state index contributed by atoms with van der Waals surface area (Å²) in [5, 5.41) is 13.1. The summed E-state index contributed by atoms with van der Waals surface area (Å²) in [5.74, 6) is 0.798. The smallest absolute Gasteiger partial charge is 0.294 e. The minimum Gasteiger partial charge on any atom is -0.465 e. The van der Waals surface area contributed by atoms with Gasteiger partial charge in [0.2, 0.25) is 0 Å². The van der Waals surface area contributed by atoms with Gasteiger partial charge in [-0.2, -0.15) is 0 Å². The maximum Gasteiger partial charge on any atom is 0.294 e. The Bertz CT molecular complexity index is 473. The molecule has 19 heavy (non-hydrogen) atoms. The van der Waals surface area contributed by atoms with Gasteiger partial charge in [0, 0.05) is 12.0 Å². The third kappa shape index (κ3) is 1.89. The molecule has 5 heteroatoms. The number of aromatic nitrogens is 2. The molecule has 3 atom stereocenters. The first-order valence-electron chi connectivity index (χ1n) is 7.11. The molecule has 3 unspecified atom stereocenters. The molecule has 2 bridgehead atoms. The van der Waals surface area contributed by atoms with E-state index >= 15 is 0 Å². The summed E-state index contributed by atoms with van der Waals surface area (Å²) in [6.45, 7) is 7.96. The molecule has 2 aliphatic carbocycles. The predicted octanol–water partition coefficient (Wildman–Crippen LogP) is 2.85. The van der Waals surface area contributed by atoms with E-state index in [1.54, 1.807) is 11.3 Å². The van der Waals surface area contributed by atoms with E-state index in [-0.39, 0.29) is 5.41 Å². The van der Waals surface area contributed by atoms with Crippen LogP contribution in [0.4, 0.5) is 0 Å². The second-order valence-corrected chi connectivity index (χ2v) is 7.73. The van der Waals surface area contributed by atoms with Crippen LogP contribution in [0.1, 0.15) is 45.0 Å². The first kappa shape index (κ1) is 13.3. The largest absolute Gasteiger partial charge is 0.465 e. The zero-order valence-electron chi connectivity index (χ0n) is 12.2. The maximum atomic E-state index is 6.19. The van der Waals surface area contributed by atoms with Crippen LogP contribution >= 0.6 is 11.3 Å². The van der Waals surface area contributed by atoms with Crippen LogP contribution in [0.25, 0.3) is 0 Å². The number of hydrogen-bond donors (Lipinski definition) is 1. The highest BCUT2D eigenvalue weighted by atomic mass is 32.1. The number of nitrogens with one attached hydrogen (secondary N) is 1. The van der Waals surface area contributed by atoms with Gasteiger partial charge in [-0.3, -0.25) is 0 Å². The zero-order valence-corrected chi connectivity index (χ0v) is 13.0. The first-order chi connectivity index (χ1) is 8.97. The van der Waals surface area contributed by atoms with E-state index in [1.165, 1.54) is 19.3 Å². The van der Waals surface area contributed by atoms with Gasteiger partial charge in [-0.25, -0.2) is 0 Å². The maximum absolute atomic E-state index is 6.19. The van der Waals surface area contributed by atoms with Crippen molar-refractivity contribution in [3.63, 3.8) is 0 Å². The third-order valence-corrected chi connectivity index (χ3v) is 6.55. The van der Waals surface area contributed by atoms with Gasteiger partial charge in [-0.1, -0.05) is 37.2 Å². The van der Waals surface area contributed by atoms with Crippen molar-refractivity contribution in [3.8, 4) is 5.19 Å². The fraction of sp³-hybridized carbons (Fsp3) is 0.857. The van der Waals surface area contributed by atoms with Gasteiger partial charge in [0.1, 0.15) is 11.1 Å². The van der Waals surface area contributed by atoms with Crippen molar-refractivity contribution >= 4 is 11.3 Å². The molecule has 2 saturated carbocycles. The van der Waals surface area contributed by atoms with Crippen LogP contribution in [0.5, 0.6) is 5.19 Å². The Labute approximate surface area is 119 Å². The fourth-order valence-corrected chi connectivity index (χ4v) is 4.68. The van der Waals surface area contributed by atoms with Crippen molar-refractivity contribution in [2.75, 3.05) is 7.05 Å². The Morgan fingerprint density at radius 2 is 2.16 bits per heavy atom. The normalized spacial score (nSPS) is 35.8. The van der Waals surface area contributed by atoms with Gasteiger partial charge < -0.3 is 10.1 Å². The van der Waals surface area contributed by atoms with Crippen LogP contribution in [-0.2, 0) is 6.54 Å². The first-order valence-corrected chi connectivity index (χ1v) is 7.92. The summed E-state index contributed by atoms with van der Waals surface area (Å²) in [6.07, 6.45) is 4.10. The molecule has 0 amide bonds. The average Bonchev–Trinajstić information content (AvgIpc) is 2.92. The summed E-state index contributed by atoms with van der Waals surface area (Å²) in [7, 11) is 1.92. The molecule has 3 rings (SSSR count). The Hall–Kier alpha value is -0.680. The van der Waals surface area contributed by atoms with Gasteiger partial charge in [0.05, 0.1) is 0 Å². The summed E-state index contributed by atoms with van der Waals surface area (Å²) in [5.41, 5.74) is 0.669. The lowest BCUT2D eigenvalue weighted by Crippen LogP contribution is -2.38. The van der Waals surface area contributed by atoms with Crippen LogP contribution in [0.3, 0.4) is 0 Å². The minimum atomic E-state index is 0.284. The molecule has 4 nitrogen and oxygen atoms in total. The summed E-state index contributed by atoms with van der Waals surface area (Å²) >= 11 is 1.56. The lowest BCUT2D eigenvalue weighted by Gasteiger charge is -2.38. The fourth-order valence-electron chi connectivity index (χ4n) is 3.94. The highest BCUT2D eigenvalue weighted by molar-refractivity contribution is 7.13. The number of ether oxygens (including phenoxy) is 1. The molecule has 1 aromatic heterocycles. The molecule has 0 spiro atoms. The Morgan fingerprint density at radius 1 is 1.37 bits per heavy atom. The van der Waals surface area contributed by atoms with E-state index in [9.17, 15) is 0 Å². The van der Waals surface area contributed by atoms with Gasteiger partial charge >= 0.3 is 0 Å². The highest BCUT2D eigenvalue weighted by Crippen LogP contribution is 2.66. The van der Waals surface area contributed by atoms with Crippen LogP contribution in [0.15, 0.2) is 0 Å². The van der Waals surface area contributed by atoms with Gasteiger partial charge in [0.15, 0.2) is 0 Å². The second kappa shape index (κ2) is 4.42. The van der Waals surface area contributed by atoms with E-state index < -0.39 is 0 Å². The Morgan fingerprint density at radius 3 is 2.74 bits per heavy atom. The lowest BCUT2D eigenvalue weighted by atomic mass is 9.70. The second-order valence-electron chi connectivity index (χ2n) is 6.71. The molecule has 1 aromatic rings. The highest BCUT2D eigenvalue weighted by Gasteiger charge is 2.62. The molecule has 1 N–H and O–H groups in total. The molecule has 0 radical (unpaired) electrons. The number of rotatable bonds is 4. The summed E-state index contributed by atoms with van der Waals surface area (Å²) < 4.78 is 6.19. The van der Waals surface area contributed by atoms with E-state index in [1.807, 2.05) is 7.05 Å². The Kier molecular flexibility index (Phi) is 3.09. The van der Waals surface area contributed by atoms with E-state index in [0.717, 1.165) is 22.7 Å². The average molecular weight is 281 g/mol. The van der Waals surface area contributed by atoms with Gasteiger partial charge in [-0.05, 0) is 37.6 Å². The standard InChI is InChI=1S/C14H23N3OS/c1-13(2)9-5-6-14(13,3)10(7-9)18-12-17-16-11(19-12)8-15-4/h9-10,15H,5-8H2,1-4H3. The number of fused-ring (bicyclic) bond motifs is 2. The van der Waals surface area contributed by atoms with Crippen molar-refractivity contribution in [2.24, 2.45) is 16.7 Å². The molecule has 0 saturated heterocycles. The zero-order chi connectivity index (χ0) is 13.7. The number of hydrogen-bond acceptors (Lipinski definition) is 5. The molecular weight excluding hydrogens is 258 g/mol. The van der Waals surface area contributed by atoms with E-state index in [0.29, 0.717) is 11.5 Å². The summed E-state index contributed by atoms with van der Waals surface area (Å²) in [4.78, 5) is 0. The lowest BCUT2D eigenvalue weighted by molar-refractivity contribution is 0.0296. The molecule has 1 heterocycles. The molecule has 2 aliphatic rings. The van der Waals surface area contributed by atoms with Crippen molar-refractivity contribution in [3.05, 3.63) is 5.01 Å². The van der Waals surface area contributed by atoms with Crippen LogP contribution in [-0.4, -0.2) is 23.3 Å². The van der Waals surface area contributed by atoms with Crippen molar-refractivity contribution < 1.29 is 4.74 Å². The topological polar surface area (TPSA) is 47.0 Å². The van der Waals surface area contributed by atoms with Gasteiger partial charge in [0.25, 0.3) is 5.19 Å². The van der Waals surface area contributed by atoms with E-state index in [2.05, 4.69) is 36.3 Å². The molecule has 106 valence electrons. The molecular formula is C14H23N3OS. The van der Waals surface area contributed by atoms with E-state index in [4.69, 9.17) is 4.74 Å². The van der Waals surface area contributed by atoms with Crippen LogP contribution in [0.2, 0.25) is 0 Å². The van der Waals surface area contributed by atoms with Gasteiger partial charge in [-0.15, -0.1) is 5.10 Å². The van der Waals surface area contributed by atoms with Crippen molar-refractivity contribution in [1.29, 1.82) is 0 Å². The predicted molar refractivity (Wildman–Crippen MR) is 76.3 cm³/mol. The number of nitrogens with zero attached hydrogens (tertiary/aromatic N) is 2. The molecule has 0 aromatic carbocycles. The quantitative estimate of drug-likeness (QED) is 0.922. The monoisotopic (exact) mass is 281 g/mol. The Balaban J connectivity index is 1.74. The molecule has 2 fully saturated rings. The van der Waals surface area contributed by atoms with Crippen molar-refractivity contribution in [1.82, 2.24) is 15.5 Å². The van der Waals surface area contributed by atoms with Crippen LogP contribution in [0, 0.1) is 16.7 Å². The summed E-state index contributed by atoms with van der Waals surface area (Å²) in [6, 6.07) is 0. The molecule has 0 aliphatic heterocycles. The minimum absolute atomic E-state index is 0.284. The van der Waals surface area contributed by atoms with Crippen molar-refractivity contribution in [2.45, 2.75) is 52.7 Å². The SMILES string of the molecule is CNCc1nnc(OC2CC3CCC2(C)C3(C)C)s1. The van der Waals surface area contributed by atoms with Crippen LogP contribution < -0.4 is 10.1 Å². The third-order valence-electron chi connectivity index (χ3n) is 5.73.